The summed E-state index contributed by atoms with van der Waals surface area (Å²) < 4.78 is 0. The lowest BCUT2D eigenvalue weighted by Crippen LogP contribution is -2.34. The van der Waals surface area contributed by atoms with Crippen molar-refractivity contribution in [3.05, 3.63) is 33.8 Å². The first kappa shape index (κ1) is 16.6. The Balaban J connectivity index is 2.39. The number of carboxylic acids is 1. The third-order valence-corrected chi connectivity index (χ3v) is 5.61. The monoisotopic (exact) mass is 328 g/mol. The Bertz CT molecular complexity index is 534. The predicted molar refractivity (Wildman–Crippen MR) is 87.1 cm³/mol. The highest BCUT2D eigenvalue weighted by atomic mass is 35.5. The van der Waals surface area contributed by atoms with Gasteiger partial charge in [-0.25, -0.2) is 0 Å². The van der Waals surface area contributed by atoms with E-state index in [0.717, 1.165) is 18.4 Å². The smallest absolute Gasteiger partial charge is 0.307 e. The van der Waals surface area contributed by atoms with Crippen LogP contribution < -0.4 is 0 Å². The largest absolute Gasteiger partial charge is 0.481 e. The van der Waals surface area contributed by atoms with E-state index >= 15 is 0 Å². The van der Waals surface area contributed by atoms with Crippen molar-refractivity contribution in [3.8, 4) is 0 Å². The van der Waals surface area contributed by atoms with Crippen LogP contribution in [0.5, 0.6) is 0 Å². The predicted octanol–water partition coefficient (Wildman–Crippen LogP) is 5.62. The van der Waals surface area contributed by atoms with E-state index in [4.69, 9.17) is 23.2 Å². The quantitative estimate of drug-likeness (QED) is 0.764. The van der Waals surface area contributed by atoms with Gasteiger partial charge in [0.2, 0.25) is 0 Å². The van der Waals surface area contributed by atoms with E-state index in [2.05, 4.69) is 20.8 Å². The van der Waals surface area contributed by atoms with E-state index in [1.165, 1.54) is 0 Å². The highest BCUT2D eigenvalue weighted by molar-refractivity contribution is 6.42. The van der Waals surface area contributed by atoms with Gasteiger partial charge in [0.05, 0.1) is 16.0 Å². The van der Waals surface area contributed by atoms with E-state index in [1.807, 2.05) is 12.1 Å². The summed E-state index contributed by atoms with van der Waals surface area (Å²) >= 11 is 12.4. The van der Waals surface area contributed by atoms with Crippen LogP contribution in [0.25, 0.3) is 0 Å². The maximum Gasteiger partial charge on any atom is 0.307 e. The van der Waals surface area contributed by atoms with Crippen LogP contribution in [0.2, 0.25) is 10.0 Å². The number of carboxylic acid groups (broad SMARTS) is 1. The molecule has 0 amide bonds. The Labute approximate surface area is 136 Å². The molecule has 2 rings (SSSR count). The number of hydrogen-bond donors (Lipinski definition) is 1. The normalized spacial score (nSPS) is 26.6. The lowest BCUT2D eigenvalue weighted by atomic mass is 9.64. The van der Waals surface area contributed by atoms with Crippen molar-refractivity contribution in [2.75, 3.05) is 0 Å². The van der Waals surface area contributed by atoms with Crippen LogP contribution in [-0.2, 0) is 4.79 Å². The molecular weight excluding hydrogens is 307 g/mol. The van der Waals surface area contributed by atoms with E-state index < -0.39 is 5.97 Å². The van der Waals surface area contributed by atoms with Gasteiger partial charge in [0.1, 0.15) is 0 Å². The van der Waals surface area contributed by atoms with Crippen LogP contribution in [0.4, 0.5) is 0 Å². The minimum atomic E-state index is -0.733. The molecule has 0 radical (unpaired) electrons. The van der Waals surface area contributed by atoms with Crippen molar-refractivity contribution in [3.63, 3.8) is 0 Å². The van der Waals surface area contributed by atoms with Gasteiger partial charge in [0.15, 0.2) is 0 Å². The molecule has 1 aromatic rings. The molecule has 0 saturated heterocycles. The fourth-order valence-corrected chi connectivity index (χ4v) is 3.85. The standard InChI is InChI=1S/C17H22Cl2O2/c1-17(2,3)10-7-8-12(16(20)21)13(9-10)11-5-4-6-14(18)15(11)19/h4-6,10,12-13H,7-9H2,1-3H3,(H,20,21). The molecule has 1 aromatic carbocycles. The maximum atomic E-state index is 11.6. The molecule has 0 spiro atoms. The SMILES string of the molecule is CC(C)(C)C1CCC(C(=O)O)C(c2cccc(Cl)c2Cl)C1. The molecule has 1 saturated carbocycles. The summed E-state index contributed by atoms with van der Waals surface area (Å²) in [4.78, 5) is 11.6. The highest BCUT2D eigenvalue weighted by Gasteiger charge is 2.40. The van der Waals surface area contributed by atoms with Crippen LogP contribution in [0, 0.1) is 17.3 Å². The lowest BCUT2D eigenvalue weighted by Gasteiger charge is -2.41. The Morgan fingerprint density at radius 2 is 1.90 bits per heavy atom. The number of hydrogen-bond acceptors (Lipinski definition) is 1. The third-order valence-electron chi connectivity index (χ3n) is 4.77. The molecule has 1 aliphatic carbocycles. The first-order valence-electron chi connectivity index (χ1n) is 7.38. The molecule has 3 atom stereocenters. The first-order chi connectivity index (χ1) is 9.71. The Hall–Kier alpha value is -0.730. The third kappa shape index (κ3) is 3.54. The van der Waals surface area contributed by atoms with Crippen LogP contribution in [0.3, 0.4) is 0 Å². The van der Waals surface area contributed by atoms with Gasteiger partial charge in [0.25, 0.3) is 0 Å². The fraction of sp³-hybridized carbons (Fsp3) is 0.588. The molecule has 0 bridgehead atoms. The summed E-state index contributed by atoms with van der Waals surface area (Å²) in [5, 5.41) is 10.5. The number of aliphatic carboxylic acids is 1. The average molecular weight is 329 g/mol. The van der Waals surface area contributed by atoms with Crippen molar-refractivity contribution in [1.29, 1.82) is 0 Å². The molecule has 1 aliphatic rings. The van der Waals surface area contributed by atoms with Gasteiger partial charge in [-0.1, -0.05) is 56.1 Å². The van der Waals surface area contributed by atoms with Crippen molar-refractivity contribution in [1.82, 2.24) is 0 Å². The molecule has 0 aromatic heterocycles. The van der Waals surface area contributed by atoms with Gasteiger partial charge in [0, 0.05) is 0 Å². The van der Waals surface area contributed by atoms with Crippen molar-refractivity contribution in [2.24, 2.45) is 17.3 Å². The van der Waals surface area contributed by atoms with E-state index in [0.29, 0.717) is 22.4 Å². The summed E-state index contributed by atoms with van der Waals surface area (Å²) in [5.74, 6) is -0.678. The van der Waals surface area contributed by atoms with Gasteiger partial charge < -0.3 is 5.11 Å². The van der Waals surface area contributed by atoms with Gasteiger partial charge in [-0.15, -0.1) is 0 Å². The van der Waals surface area contributed by atoms with Crippen molar-refractivity contribution >= 4 is 29.2 Å². The Morgan fingerprint density at radius 1 is 1.24 bits per heavy atom. The van der Waals surface area contributed by atoms with Gasteiger partial charge in [-0.2, -0.15) is 0 Å². The molecule has 3 unspecified atom stereocenters. The molecule has 0 aliphatic heterocycles. The number of benzene rings is 1. The van der Waals surface area contributed by atoms with Crippen LogP contribution >= 0.6 is 23.2 Å². The van der Waals surface area contributed by atoms with Crippen LogP contribution in [0.1, 0.15) is 51.5 Å². The molecule has 1 fully saturated rings. The van der Waals surface area contributed by atoms with Gasteiger partial charge >= 0.3 is 5.97 Å². The molecule has 0 heterocycles. The summed E-state index contributed by atoms with van der Waals surface area (Å²) in [5.41, 5.74) is 1.05. The lowest BCUT2D eigenvalue weighted by molar-refractivity contribution is -0.144. The second-order valence-electron chi connectivity index (χ2n) is 7.07. The van der Waals surface area contributed by atoms with E-state index in [9.17, 15) is 9.90 Å². The Kier molecular flexibility index (Phi) is 4.89. The van der Waals surface area contributed by atoms with Crippen LogP contribution in [-0.4, -0.2) is 11.1 Å². The molecule has 116 valence electrons. The highest BCUT2D eigenvalue weighted by Crippen LogP contribution is 2.48. The second kappa shape index (κ2) is 6.18. The maximum absolute atomic E-state index is 11.6. The topological polar surface area (TPSA) is 37.3 Å². The zero-order valence-corrected chi connectivity index (χ0v) is 14.2. The number of carbonyl (C=O) groups is 1. The first-order valence-corrected chi connectivity index (χ1v) is 8.14. The zero-order chi connectivity index (χ0) is 15.8. The Morgan fingerprint density at radius 3 is 2.48 bits per heavy atom. The van der Waals surface area contributed by atoms with Crippen molar-refractivity contribution in [2.45, 2.75) is 46.0 Å². The summed E-state index contributed by atoms with van der Waals surface area (Å²) in [6.45, 7) is 6.65. The van der Waals surface area contributed by atoms with E-state index in [-0.39, 0.29) is 17.3 Å². The second-order valence-corrected chi connectivity index (χ2v) is 7.86. The van der Waals surface area contributed by atoms with E-state index in [1.54, 1.807) is 6.07 Å². The minimum Gasteiger partial charge on any atom is -0.481 e. The molecule has 2 nitrogen and oxygen atoms in total. The summed E-state index contributed by atoms with van der Waals surface area (Å²) in [7, 11) is 0. The average Bonchev–Trinajstić information content (AvgIpc) is 2.40. The van der Waals surface area contributed by atoms with Gasteiger partial charge in [-0.05, 0) is 48.1 Å². The molecule has 1 N–H and O–H groups in total. The summed E-state index contributed by atoms with van der Waals surface area (Å²) in [6.07, 6.45) is 2.50. The minimum absolute atomic E-state index is 0.0633. The number of halogens is 2. The number of rotatable bonds is 2. The summed E-state index contributed by atoms with van der Waals surface area (Å²) in [6, 6.07) is 5.51. The van der Waals surface area contributed by atoms with Gasteiger partial charge in [-0.3, -0.25) is 4.79 Å². The zero-order valence-electron chi connectivity index (χ0n) is 12.7. The molecule has 21 heavy (non-hydrogen) atoms. The fourth-order valence-electron chi connectivity index (χ4n) is 3.40. The molecule has 4 heteroatoms. The van der Waals surface area contributed by atoms with Crippen molar-refractivity contribution < 1.29 is 9.90 Å². The molecular formula is C17H22Cl2O2. The van der Waals surface area contributed by atoms with Crippen LogP contribution in [0.15, 0.2) is 18.2 Å².